The maximum absolute atomic E-state index is 12.9. The molecule has 9 heteroatoms. The third-order valence-corrected chi connectivity index (χ3v) is 4.74. The molecular weight excluding hydrogens is 451 g/mol. The molecule has 0 aliphatic heterocycles. The Hall–Kier alpha value is -3.07. The van der Waals surface area contributed by atoms with Gasteiger partial charge in [0.1, 0.15) is 0 Å². The number of furan rings is 1. The van der Waals surface area contributed by atoms with Crippen LogP contribution >= 0.6 is 15.9 Å². The molecule has 4 rings (SSSR count). The van der Waals surface area contributed by atoms with E-state index in [4.69, 9.17) is 4.42 Å². The molecule has 2 N–H and O–H groups in total. The van der Waals surface area contributed by atoms with Gasteiger partial charge >= 0.3 is 6.18 Å². The summed E-state index contributed by atoms with van der Waals surface area (Å²) in [5.74, 6) is -1.41. The van der Waals surface area contributed by atoms with Crippen molar-refractivity contribution in [2.75, 3.05) is 0 Å². The number of halogens is 4. The van der Waals surface area contributed by atoms with Crippen molar-refractivity contribution in [3.8, 4) is 0 Å². The molecule has 0 radical (unpaired) electrons. The number of fused-ring (bicyclic) bond motifs is 1. The molecule has 29 heavy (non-hydrogen) atoms. The zero-order valence-electron chi connectivity index (χ0n) is 14.6. The first-order valence-electron chi connectivity index (χ1n) is 8.49. The number of imidazole rings is 1. The van der Waals surface area contributed by atoms with Crippen LogP contribution in [0, 0.1) is 0 Å². The third kappa shape index (κ3) is 4.04. The fraction of sp³-hybridized carbons (Fsp3) is 0.100. The number of rotatable bonds is 4. The summed E-state index contributed by atoms with van der Waals surface area (Å²) in [5, 5.41) is 2.87. The van der Waals surface area contributed by atoms with Crippen LogP contribution in [0.3, 0.4) is 0 Å². The Morgan fingerprint density at radius 3 is 2.48 bits per heavy atom. The van der Waals surface area contributed by atoms with E-state index < -0.39 is 23.9 Å². The summed E-state index contributed by atoms with van der Waals surface area (Å²) in [4.78, 5) is 18.5. The van der Waals surface area contributed by atoms with Crippen molar-refractivity contribution in [2.24, 2.45) is 0 Å². The second-order valence-corrected chi connectivity index (χ2v) is 7.06. The Morgan fingerprint density at radius 2 is 1.83 bits per heavy atom. The lowest BCUT2D eigenvalue weighted by Gasteiger charge is -2.19. The lowest BCUT2D eigenvalue weighted by atomic mass is 9.98. The number of nitrogens with zero attached hydrogens (tertiary/aromatic N) is 1. The van der Waals surface area contributed by atoms with Crippen molar-refractivity contribution >= 4 is 32.9 Å². The van der Waals surface area contributed by atoms with E-state index in [0.29, 0.717) is 10.2 Å². The summed E-state index contributed by atoms with van der Waals surface area (Å²) in [5.41, 5.74) is 1.78. The van der Waals surface area contributed by atoms with E-state index in [1.807, 2.05) is 30.3 Å². The van der Waals surface area contributed by atoms with Crippen molar-refractivity contribution in [1.29, 1.82) is 0 Å². The van der Waals surface area contributed by atoms with Crippen LogP contribution in [0.1, 0.15) is 33.5 Å². The fourth-order valence-electron chi connectivity index (χ4n) is 2.98. The molecule has 5 nitrogen and oxygen atoms in total. The van der Waals surface area contributed by atoms with Gasteiger partial charge in [-0.15, -0.1) is 0 Å². The van der Waals surface area contributed by atoms with Gasteiger partial charge < -0.3 is 14.7 Å². The van der Waals surface area contributed by atoms with Crippen LogP contribution in [0.2, 0.25) is 0 Å². The zero-order chi connectivity index (χ0) is 20.6. The average Bonchev–Trinajstić information content (AvgIpc) is 3.32. The van der Waals surface area contributed by atoms with Gasteiger partial charge in [0.05, 0.1) is 17.1 Å². The van der Waals surface area contributed by atoms with Gasteiger partial charge in [0.2, 0.25) is 5.82 Å². The average molecular weight is 464 g/mol. The van der Waals surface area contributed by atoms with Crippen LogP contribution in [0.25, 0.3) is 11.0 Å². The van der Waals surface area contributed by atoms with E-state index in [1.54, 1.807) is 18.2 Å². The van der Waals surface area contributed by atoms with Crippen LogP contribution in [-0.4, -0.2) is 15.9 Å². The lowest BCUT2D eigenvalue weighted by molar-refractivity contribution is -0.144. The molecule has 1 amide bonds. The molecule has 0 bridgehead atoms. The van der Waals surface area contributed by atoms with Crippen molar-refractivity contribution < 1.29 is 22.4 Å². The quantitative estimate of drug-likeness (QED) is 0.422. The Labute approximate surface area is 171 Å². The summed E-state index contributed by atoms with van der Waals surface area (Å²) in [6.45, 7) is 0. The lowest BCUT2D eigenvalue weighted by Crippen LogP contribution is -2.29. The normalized spacial score (nSPS) is 12.8. The Balaban J connectivity index is 1.73. The standard InChI is InChI=1S/C20H13BrF3N3O2/c21-16-9-8-15(29-16)18(28)27-17(11-4-2-1-3-5-11)12-6-7-13-14(10-12)26-19(25-13)20(22,23)24/h1-10,17H,(H,25,26)(H,27,28). The Kier molecular flexibility index (Phi) is 4.91. The number of alkyl halides is 3. The molecule has 2 heterocycles. The van der Waals surface area contributed by atoms with E-state index in [2.05, 4.69) is 31.2 Å². The maximum atomic E-state index is 12.9. The molecule has 2 aromatic heterocycles. The van der Waals surface area contributed by atoms with E-state index >= 15 is 0 Å². The predicted molar refractivity (Wildman–Crippen MR) is 103 cm³/mol. The number of benzene rings is 2. The third-order valence-electron chi connectivity index (χ3n) is 4.31. The van der Waals surface area contributed by atoms with E-state index in [1.165, 1.54) is 12.1 Å². The SMILES string of the molecule is O=C(NC(c1ccccc1)c1ccc2nc(C(F)(F)F)[nH]c2c1)c1ccc(Br)o1. The van der Waals surface area contributed by atoms with Crippen molar-refractivity contribution in [1.82, 2.24) is 15.3 Å². The molecule has 4 aromatic rings. The highest BCUT2D eigenvalue weighted by molar-refractivity contribution is 9.10. The molecule has 0 spiro atoms. The Bertz CT molecular complexity index is 1170. The molecule has 0 saturated carbocycles. The highest BCUT2D eigenvalue weighted by atomic mass is 79.9. The highest BCUT2D eigenvalue weighted by Gasteiger charge is 2.34. The minimum absolute atomic E-state index is 0.111. The number of nitrogens with one attached hydrogen (secondary N) is 2. The van der Waals surface area contributed by atoms with Crippen LogP contribution in [0.5, 0.6) is 0 Å². The molecule has 0 fully saturated rings. The topological polar surface area (TPSA) is 70.9 Å². The van der Waals surface area contributed by atoms with Crippen LogP contribution in [0.15, 0.2) is 69.8 Å². The minimum atomic E-state index is -4.57. The van der Waals surface area contributed by atoms with Crippen molar-refractivity contribution in [2.45, 2.75) is 12.2 Å². The Morgan fingerprint density at radius 1 is 1.07 bits per heavy atom. The summed E-state index contributed by atoms with van der Waals surface area (Å²) in [6.07, 6.45) is -4.57. The van der Waals surface area contributed by atoms with Crippen molar-refractivity contribution in [3.05, 3.63) is 88.0 Å². The molecule has 0 aliphatic carbocycles. The first-order chi connectivity index (χ1) is 13.8. The largest absolute Gasteiger partial charge is 0.449 e. The number of aromatic nitrogens is 2. The van der Waals surface area contributed by atoms with Crippen LogP contribution in [0.4, 0.5) is 13.2 Å². The number of carbonyl (C=O) groups excluding carboxylic acids is 1. The fourth-order valence-corrected chi connectivity index (χ4v) is 3.29. The van der Waals surface area contributed by atoms with Gasteiger partial charge in [-0.1, -0.05) is 36.4 Å². The number of H-pyrrole nitrogens is 1. The molecule has 1 atom stereocenters. The number of carbonyl (C=O) groups is 1. The molecule has 148 valence electrons. The van der Waals surface area contributed by atoms with Gasteiger partial charge in [-0.05, 0) is 51.3 Å². The van der Waals surface area contributed by atoms with Gasteiger partial charge in [-0.25, -0.2) is 4.98 Å². The predicted octanol–water partition coefficient (Wildman–Crippen LogP) is 5.46. The first kappa shape index (κ1) is 19.3. The smallest absolute Gasteiger partial charge is 0.444 e. The summed E-state index contributed by atoms with van der Waals surface area (Å²) in [7, 11) is 0. The number of hydrogen-bond acceptors (Lipinski definition) is 3. The zero-order valence-corrected chi connectivity index (χ0v) is 16.2. The molecule has 1 unspecified atom stereocenters. The second kappa shape index (κ2) is 7.40. The molecular formula is C20H13BrF3N3O2. The van der Waals surface area contributed by atoms with Gasteiger partial charge in [-0.2, -0.15) is 13.2 Å². The second-order valence-electron chi connectivity index (χ2n) is 6.28. The molecule has 0 saturated heterocycles. The number of aromatic amines is 1. The summed E-state index contributed by atoms with van der Waals surface area (Å²) < 4.78 is 44.5. The van der Waals surface area contributed by atoms with Crippen LogP contribution in [-0.2, 0) is 6.18 Å². The van der Waals surface area contributed by atoms with E-state index in [0.717, 1.165) is 5.56 Å². The van der Waals surface area contributed by atoms with E-state index in [9.17, 15) is 18.0 Å². The van der Waals surface area contributed by atoms with Gasteiger partial charge in [0.25, 0.3) is 5.91 Å². The number of amides is 1. The van der Waals surface area contributed by atoms with Gasteiger partial charge in [-0.3, -0.25) is 4.79 Å². The monoisotopic (exact) mass is 463 g/mol. The summed E-state index contributed by atoms with van der Waals surface area (Å²) >= 11 is 3.15. The van der Waals surface area contributed by atoms with Crippen molar-refractivity contribution in [3.63, 3.8) is 0 Å². The highest BCUT2D eigenvalue weighted by Crippen LogP contribution is 2.30. The first-order valence-corrected chi connectivity index (χ1v) is 9.28. The van der Waals surface area contributed by atoms with E-state index in [-0.39, 0.29) is 16.8 Å². The number of hydrogen-bond donors (Lipinski definition) is 2. The maximum Gasteiger partial charge on any atom is 0.449 e. The van der Waals surface area contributed by atoms with Gasteiger partial charge in [0, 0.05) is 0 Å². The van der Waals surface area contributed by atoms with Gasteiger partial charge in [0.15, 0.2) is 10.4 Å². The molecule has 2 aromatic carbocycles. The van der Waals surface area contributed by atoms with Crippen LogP contribution < -0.4 is 5.32 Å². The minimum Gasteiger partial charge on any atom is -0.444 e. The molecule has 0 aliphatic rings. The summed E-state index contributed by atoms with van der Waals surface area (Å²) in [6, 6.07) is 16.3.